The van der Waals surface area contributed by atoms with Crippen LogP contribution >= 0.6 is 0 Å². The normalized spacial score (nSPS) is 14.8. The van der Waals surface area contributed by atoms with Gasteiger partial charge in [-0.05, 0) is 87.7 Å². The van der Waals surface area contributed by atoms with Gasteiger partial charge in [-0.1, -0.05) is 84.3 Å². The third kappa shape index (κ3) is 6.82. The van der Waals surface area contributed by atoms with Crippen LogP contribution in [0.25, 0.3) is 32.3 Å². The molecule has 1 N–H and O–H groups in total. The molecule has 0 aliphatic carbocycles. The average molecular weight is 571 g/mol. The fourth-order valence-electron chi connectivity index (χ4n) is 5.81. The minimum absolute atomic E-state index is 0.154. The molecular weight excluding hydrogens is 536 g/mol. The van der Waals surface area contributed by atoms with Gasteiger partial charge < -0.3 is 19.3 Å². The molecule has 0 radical (unpaired) electrons. The lowest BCUT2D eigenvalue weighted by Gasteiger charge is -2.21. The summed E-state index contributed by atoms with van der Waals surface area (Å²) in [6.45, 7) is 0.902. The number of esters is 1. The Kier molecular flexibility index (Phi) is 9.16. The number of hydrogen-bond donors (Lipinski definition) is 1. The van der Waals surface area contributed by atoms with Crippen molar-refractivity contribution in [2.45, 2.75) is 51.4 Å². The van der Waals surface area contributed by atoms with Crippen LogP contribution in [0.15, 0.2) is 72.8 Å². The SMILES string of the molecule is O=C(CCCc1ccc2ccc3cccc4ccc1c2c34)OCc1ccc(C#CCOC2CCCCO2)c(C#CCO)c1. The summed E-state index contributed by atoms with van der Waals surface area (Å²) in [7, 11) is 0. The average Bonchev–Trinajstić information content (AvgIpc) is 3.05. The van der Waals surface area contributed by atoms with Gasteiger partial charge in [0.25, 0.3) is 0 Å². The van der Waals surface area contributed by atoms with Gasteiger partial charge in [-0.25, -0.2) is 0 Å². The van der Waals surface area contributed by atoms with Gasteiger partial charge in [0, 0.05) is 24.2 Å². The highest BCUT2D eigenvalue weighted by Gasteiger charge is 2.14. The van der Waals surface area contributed by atoms with Gasteiger partial charge in [0.1, 0.15) is 19.8 Å². The second kappa shape index (κ2) is 13.7. The molecule has 5 aromatic carbocycles. The molecule has 0 bridgehead atoms. The Labute approximate surface area is 252 Å². The molecule has 6 rings (SSSR count). The van der Waals surface area contributed by atoms with Crippen molar-refractivity contribution in [3.63, 3.8) is 0 Å². The van der Waals surface area contributed by atoms with Crippen LogP contribution in [0.3, 0.4) is 0 Å². The standard InChI is InChI=1S/C38H34O5/c39-22-5-10-33-25-27(14-15-28(33)11-6-24-42-36-13-1-2-23-41-36)26-43-35(40)12-4-7-29-16-17-32-19-18-30-8-3-9-31-20-21-34(29)38(32)37(30)31/h3,8-9,14-21,25,36,39H,1-2,4,7,12-13,22-24,26H2. The van der Waals surface area contributed by atoms with Crippen LogP contribution in [-0.4, -0.2) is 37.2 Å². The maximum atomic E-state index is 12.6. The zero-order chi connectivity index (χ0) is 29.4. The van der Waals surface area contributed by atoms with Crippen LogP contribution < -0.4 is 0 Å². The maximum Gasteiger partial charge on any atom is 0.306 e. The number of ether oxygens (including phenoxy) is 3. The zero-order valence-corrected chi connectivity index (χ0v) is 24.2. The first-order valence-electron chi connectivity index (χ1n) is 15.0. The predicted octanol–water partition coefficient (Wildman–Crippen LogP) is 6.89. The smallest absolute Gasteiger partial charge is 0.306 e. The van der Waals surface area contributed by atoms with Crippen molar-refractivity contribution in [2.24, 2.45) is 0 Å². The highest BCUT2D eigenvalue weighted by atomic mass is 16.7. The number of aliphatic hydroxyl groups excluding tert-OH is 1. The Balaban J connectivity index is 1.05. The maximum absolute atomic E-state index is 12.6. The Morgan fingerprint density at radius 1 is 0.884 bits per heavy atom. The molecular formula is C38H34O5. The molecule has 1 saturated heterocycles. The van der Waals surface area contributed by atoms with Crippen LogP contribution in [0.4, 0.5) is 0 Å². The summed E-state index contributed by atoms with van der Waals surface area (Å²) in [5.41, 5.74) is 3.48. The lowest BCUT2D eigenvalue weighted by atomic mass is 9.90. The Bertz CT molecular complexity index is 1840. The fraction of sp³-hybridized carbons (Fsp3) is 0.289. The second-order valence-corrected chi connectivity index (χ2v) is 10.8. The lowest BCUT2D eigenvalue weighted by molar-refractivity contribution is -0.154. The number of hydrogen-bond acceptors (Lipinski definition) is 5. The monoisotopic (exact) mass is 570 g/mol. The van der Waals surface area contributed by atoms with Crippen LogP contribution in [-0.2, 0) is 32.0 Å². The highest BCUT2D eigenvalue weighted by molar-refractivity contribution is 6.23. The Hall–Kier alpha value is -4.39. The molecule has 0 saturated carbocycles. The van der Waals surface area contributed by atoms with E-state index in [0.29, 0.717) is 18.4 Å². The van der Waals surface area contributed by atoms with E-state index < -0.39 is 0 Å². The summed E-state index contributed by atoms with van der Waals surface area (Å²) >= 11 is 0. The Morgan fingerprint density at radius 3 is 2.49 bits per heavy atom. The molecule has 0 spiro atoms. The van der Waals surface area contributed by atoms with E-state index in [1.165, 1.54) is 37.9 Å². The molecule has 1 unspecified atom stereocenters. The minimum atomic E-state index is -0.250. The van der Waals surface area contributed by atoms with Crippen molar-refractivity contribution in [3.05, 3.63) is 95.1 Å². The van der Waals surface area contributed by atoms with Crippen molar-refractivity contribution in [1.29, 1.82) is 0 Å². The summed E-state index contributed by atoms with van der Waals surface area (Å²) < 4.78 is 16.9. The molecule has 5 nitrogen and oxygen atoms in total. The van der Waals surface area contributed by atoms with Crippen LogP contribution in [0, 0.1) is 23.7 Å². The van der Waals surface area contributed by atoms with Gasteiger partial charge >= 0.3 is 5.97 Å². The lowest BCUT2D eigenvalue weighted by Crippen LogP contribution is -2.22. The molecule has 1 aliphatic rings. The topological polar surface area (TPSA) is 65.0 Å². The summed E-state index contributed by atoms with van der Waals surface area (Å²) in [4.78, 5) is 12.6. The zero-order valence-electron chi connectivity index (χ0n) is 24.2. The first-order chi connectivity index (χ1) is 21.2. The second-order valence-electron chi connectivity index (χ2n) is 10.8. The molecule has 1 heterocycles. The van der Waals surface area contributed by atoms with Crippen molar-refractivity contribution >= 4 is 38.3 Å². The number of rotatable bonds is 8. The summed E-state index contributed by atoms with van der Waals surface area (Å²) in [5, 5.41) is 16.8. The molecule has 0 aromatic heterocycles. The first kappa shape index (κ1) is 28.7. The largest absolute Gasteiger partial charge is 0.461 e. The van der Waals surface area contributed by atoms with Gasteiger partial charge in [0.05, 0.1) is 0 Å². The third-order valence-electron chi connectivity index (χ3n) is 7.93. The number of carbonyl (C=O) groups is 1. The van der Waals surface area contributed by atoms with Crippen LogP contribution in [0.1, 0.15) is 54.4 Å². The van der Waals surface area contributed by atoms with Crippen molar-refractivity contribution in [3.8, 4) is 23.7 Å². The first-order valence-corrected chi connectivity index (χ1v) is 15.0. The molecule has 5 heteroatoms. The van der Waals surface area contributed by atoms with E-state index in [2.05, 4.69) is 78.3 Å². The molecule has 0 amide bonds. The molecule has 5 aromatic rings. The van der Waals surface area contributed by atoms with Gasteiger partial charge in [-0.3, -0.25) is 4.79 Å². The quantitative estimate of drug-likeness (QED) is 0.125. The van der Waals surface area contributed by atoms with Gasteiger partial charge in [-0.15, -0.1) is 0 Å². The summed E-state index contributed by atoms with van der Waals surface area (Å²) in [6.07, 6.45) is 4.73. The van der Waals surface area contributed by atoms with E-state index in [-0.39, 0.29) is 32.1 Å². The number of aryl methyl sites for hydroxylation is 1. The minimum Gasteiger partial charge on any atom is -0.461 e. The molecule has 216 valence electrons. The predicted molar refractivity (Wildman–Crippen MR) is 170 cm³/mol. The van der Waals surface area contributed by atoms with E-state index in [1.807, 2.05) is 18.2 Å². The number of benzene rings is 5. The van der Waals surface area contributed by atoms with Crippen molar-refractivity contribution in [2.75, 3.05) is 19.8 Å². The summed E-state index contributed by atoms with van der Waals surface area (Å²) in [5.74, 6) is 11.6. The molecule has 1 atom stereocenters. The summed E-state index contributed by atoms with van der Waals surface area (Å²) in [6, 6.07) is 25.2. The Morgan fingerprint density at radius 2 is 1.67 bits per heavy atom. The van der Waals surface area contributed by atoms with E-state index >= 15 is 0 Å². The number of aliphatic hydroxyl groups is 1. The molecule has 43 heavy (non-hydrogen) atoms. The molecule has 1 fully saturated rings. The van der Waals surface area contributed by atoms with Crippen molar-refractivity contribution < 1.29 is 24.1 Å². The molecule has 1 aliphatic heterocycles. The van der Waals surface area contributed by atoms with Gasteiger partial charge in [-0.2, -0.15) is 0 Å². The van der Waals surface area contributed by atoms with E-state index in [9.17, 15) is 9.90 Å². The van der Waals surface area contributed by atoms with E-state index in [0.717, 1.165) is 43.4 Å². The van der Waals surface area contributed by atoms with Gasteiger partial charge in [0.15, 0.2) is 6.29 Å². The van der Waals surface area contributed by atoms with Gasteiger partial charge in [0.2, 0.25) is 0 Å². The highest BCUT2D eigenvalue weighted by Crippen LogP contribution is 2.36. The fourth-order valence-corrected chi connectivity index (χ4v) is 5.81. The van der Waals surface area contributed by atoms with E-state index in [4.69, 9.17) is 14.2 Å². The van der Waals surface area contributed by atoms with Crippen LogP contribution in [0.2, 0.25) is 0 Å². The van der Waals surface area contributed by atoms with Crippen LogP contribution in [0.5, 0.6) is 0 Å². The van der Waals surface area contributed by atoms with E-state index in [1.54, 1.807) is 0 Å². The van der Waals surface area contributed by atoms with Crippen molar-refractivity contribution in [1.82, 2.24) is 0 Å². The number of carbonyl (C=O) groups excluding carboxylic acids is 1. The third-order valence-corrected chi connectivity index (χ3v) is 7.93.